The molecule has 1 aromatic heterocycles. The van der Waals surface area contributed by atoms with Gasteiger partial charge in [0.2, 0.25) is 6.29 Å². The molecule has 0 aliphatic carbocycles. The molecule has 2 rings (SSSR count). The Morgan fingerprint density at radius 3 is 2.13 bits per heavy atom. The van der Waals surface area contributed by atoms with E-state index in [9.17, 15) is 4.79 Å². The van der Waals surface area contributed by atoms with Crippen LogP contribution < -0.4 is 4.74 Å². The summed E-state index contributed by atoms with van der Waals surface area (Å²) in [6.07, 6.45) is 13.7. The smallest absolute Gasteiger partial charge is 0.311 e. The Morgan fingerprint density at radius 2 is 1.52 bits per heavy atom. The molecule has 0 fully saturated rings. The van der Waals surface area contributed by atoms with Gasteiger partial charge in [-0.25, -0.2) is 9.97 Å². The normalized spacial score (nSPS) is 12.9. The van der Waals surface area contributed by atoms with Crippen molar-refractivity contribution in [3.63, 3.8) is 0 Å². The lowest BCUT2D eigenvalue weighted by atomic mass is 10.0. The quantitative estimate of drug-likeness (QED) is 0.190. The Hall–Kier alpha value is -2.43. The monoisotopic (exact) mass is 426 g/mol. The standard InChI is InChI=1S/C26H38N2O3/c1-5-7-8-9-10-11-12-13-22-14-16-23(17-15-22)25-27-18-24(19-28-25)30-21(4)31-26(29)20(3)6-2/h14-21H,5-13H2,1-4H3. The van der Waals surface area contributed by atoms with Crippen molar-refractivity contribution in [3.8, 4) is 17.1 Å². The summed E-state index contributed by atoms with van der Waals surface area (Å²) >= 11 is 0. The van der Waals surface area contributed by atoms with Gasteiger partial charge in [0.25, 0.3) is 0 Å². The van der Waals surface area contributed by atoms with E-state index >= 15 is 0 Å². The minimum Gasteiger partial charge on any atom is -0.452 e. The molecule has 0 aliphatic heterocycles. The third-order valence-corrected chi connectivity index (χ3v) is 5.51. The molecule has 170 valence electrons. The number of carbonyl (C=O) groups is 1. The van der Waals surface area contributed by atoms with E-state index < -0.39 is 6.29 Å². The number of aromatic nitrogens is 2. The van der Waals surface area contributed by atoms with Crippen LogP contribution >= 0.6 is 0 Å². The van der Waals surface area contributed by atoms with Gasteiger partial charge < -0.3 is 9.47 Å². The van der Waals surface area contributed by atoms with Gasteiger partial charge in [0, 0.05) is 12.5 Å². The number of aryl methyl sites for hydroxylation is 1. The highest BCUT2D eigenvalue weighted by atomic mass is 16.7. The predicted molar refractivity (Wildman–Crippen MR) is 125 cm³/mol. The van der Waals surface area contributed by atoms with Crippen LogP contribution in [-0.4, -0.2) is 22.2 Å². The van der Waals surface area contributed by atoms with Crippen molar-refractivity contribution in [3.05, 3.63) is 42.2 Å². The van der Waals surface area contributed by atoms with Gasteiger partial charge in [0.15, 0.2) is 11.6 Å². The fourth-order valence-electron chi connectivity index (χ4n) is 3.29. The number of unbranched alkanes of at least 4 members (excludes halogenated alkanes) is 6. The van der Waals surface area contributed by atoms with Crippen molar-refractivity contribution < 1.29 is 14.3 Å². The first-order valence-corrected chi connectivity index (χ1v) is 11.8. The van der Waals surface area contributed by atoms with Gasteiger partial charge >= 0.3 is 5.97 Å². The van der Waals surface area contributed by atoms with E-state index in [2.05, 4.69) is 41.2 Å². The first-order chi connectivity index (χ1) is 15.0. The highest BCUT2D eigenvalue weighted by Gasteiger charge is 2.16. The van der Waals surface area contributed by atoms with Crippen molar-refractivity contribution in [2.45, 2.75) is 91.8 Å². The maximum atomic E-state index is 11.8. The summed E-state index contributed by atoms with van der Waals surface area (Å²) in [4.78, 5) is 20.6. The zero-order valence-electron chi connectivity index (χ0n) is 19.6. The number of rotatable bonds is 14. The molecular formula is C26H38N2O3. The van der Waals surface area contributed by atoms with Crippen LogP contribution in [0.1, 0.15) is 84.6 Å². The van der Waals surface area contributed by atoms with Crippen LogP contribution in [-0.2, 0) is 16.0 Å². The van der Waals surface area contributed by atoms with Gasteiger partial charge in [0.1, 0.15) is 0 Å². The van der Waals surface area contributed by atoms with Crippen LogP contribution in [0.25, 0.3) is 11.4 Å². The van der Waals surface area contributed by atoms with Crippen LogP contribution in [0.5, 0.6) is 5.75 Å². The fraction of sp³-hybridized carbons (Fsp3) is 0.577. The Morgan fingerprint density at radius 1 is 0.903 bits per heavy atom. The van der Waals surface area contributed by atoms with Crippen LogP contribution in [0.15, 0.2) is 36.7 Å². The summed E-state index contributed by atoms with van der Waals surface area (Å²) in [7, 11) is 0. The van der Waals surface area contributed by atoms with E-state index in [0.29, 0.717) is 11.6 Å². The summed E-state index contributed by atoms with van der Waals surface area (Å²) in [5.41, 5.74) is 2.33. The zero-order valence-corrected chi connectivity index (χ0v) is 19.6. The maximum Gasteiger partial charge on any atom is 0.311 e. The third kappa shape index (κ3) is 9.07. The molecular weight excluding hydrogens is 388 g/mol. The van der Waals surface area contributed by atoms with Gasteiger partial charge in [-0.3, -0.25) is 4.79 Å². The third-order valence-electron chi connectivity index (χ3n) is 5.51. The van der Waals surface area contributed by atoms with Gasteiger partial charge in [0.05, 0.1) is 18.3 Å². The molecule has 5 nitrogen and oxygen atoms in total. The van der Waals surface area contributed by atoms with Crippen LogP contribution in [0.2, 0.25) is 0 Å². The molecule has 2 atom stereocenters. The van der Waals surface area contributed by atoms with Gasteiger partial charge in [-0.05, 0) is 24.8 Å². The van der Waals surface area contributed by atoms with E-state index in [1.165, 1.54) is 50.5 Å². The fourth-order valence-corrected chi connectivity index (χ4v) is 3.29. The van der Waals surface area contributed by atoms with E-state index in [-0.39, 0.29) is 11.9 Å². The molecule has 0 saturated carbocycles. The summed E-state index contributed by atoms with van der Waals surface area (Å²) < 4.78 is 10.9. The Balaban J connectivity index is 1.78. The molecule has 0 N–H and O–H groups in total. The van der Waals surface area contributed by atoms with Crippen LogP contribution in [0, 0.1) is 5.92 Å². The van der Waals surface area contributed by atoms with Gasteiger partial charge in [-0.15, -0.1) is 0 Å². The predicted octanol–water partition coefficient (Wildman–Crippen LogP) is 6.75. The lowest BCUT2D eigenvalue weighted by molar-refractivity contribution is -0.165. The van der Waals surface area contributed by atoms with E-state index in [4.69, 9.17) is 9.47 Å². The summed E-state index contributed by atoms with van der Waals surface area (Å²) in [5, 5.41) is 0. The summed E-state index contributed by atoms with van der Waals surface area (Å²) in [5.74, 6) is 0.727. The number of hydrogen-bond acceptors (Lipinski definition) is 5. The number of benzene rings is 1. The first-order valence-electron chi connectivity index (χ1n) is 11.8. The van der Waals surface area contributed by atoms with Crippen LogP contribution in [0.3, 0.4) is 0 Å². The first kappa shape index (κ1) is 24.8. The summed E-state index contributed by atoms with van der Waals surface area (Å²) in [6, 6.07) is 8.47. The Labute approximate surface area is 187 Å². The summed E-state index contributed by atoms with van der Waals surface area (Å²) in [6.45, 7) is 7.74. The molecule has 0 saturated heterocycles. The molecule has 31 heavy (non-hydrogen) atoms. The molecule has 0 amide bonds. The van der Waals surface area contributed by atoms with E-state index in [1.807, 2.05) is 13.8 Å². The molecule has 0 aliphatic rings. The van der Waals surface area contributed by atoms with Crippen molar-refractivity contribution in [1.29, 1.82) is 0 Å². The SMILES string of the molecule is CCCCCCCCCc1ccc(-c2ncc(OC(C)OC(=O)C(C)CC)cn2)cc1. The average molecular weight is 427 g/mol. The Bertz CT molecular complexity index is 759. The second kappa shape index (κ2) is 13.8. The molecule has 1 aromatic carbocycles. The molecule has 2 aromatic rings. The minimum atomic E-state index is -0.679. The zero-order chi connectivity index (χ0) is 22.5. The molecule has 2 unspecified atom stereocenters. The van der Waals surface area contributed by atoms with Gasteiger partial charge in [-0.2, -0.15) is 0 Å². The van der Waals surface area contributed by atoms with E-state index in [1.54, 1.807) is 19.3 Å². The molecule has 0 bridgehead atoms. The highest BCUT2D eigenvalue weighted by molar-refractivity contribution is 5.72. The molecule has 1 heterocycles. The highest BCUT2D eigenvalue weighted by Crippen LogP contribution is 2.19. The van der Waals surface area contributed by atoms with E-state index in [0.717, 1.165) is 18.4 Å². The number of ether oxygens (including phenoxy) is 2. The minimum absolute atomic E-state index is 0.140. The molecule has 5 heteroatoms. The van der Waals surface area contributed by atoms with Crippen LogP contribution in [0.4, 0.5) is 0 Å². The second-order valence-electron chi connectivity index (χ2n) is 8.24. The average Bonchev–Trinajstić information content (AvgIpc) is 2.78. The maximum absolute atomic E-state index is 11.8. The van der Waals surface area contributed by atoms with Crippen molar-refractivity contribution >= 4 is 5.97 Å². The second-order valence-corrected chi connectivity index (χ2v) is 8.24. The number of esters is 1. The van der Waals surface area contributed by atoms with Crippen molar-refractivity contribution in [1.82, 2.24) is 9.97 Å². The molecule has 0 spiro atoms. The lowest BCUT2D eigenvalue weighted by Crippen LogP contribution is -2.24. The van der Waals surface area contributed by atoms with Crippen molar-refractivity contribution in [2.75, 3.05) is 0 Å². The number of nitrogens with zero attached hydrogens (tertiary/aromatic N) is 2. The number of hydrogen-bond donors (Lipinski definition) is 0. The lowest BCUT2D eigenvalue weighted by Gasteiger charge is -2.17. The largest absolute Gasteiger partial charge is 0.452 e. The Kier molecular flexibility index (Phi) is 11.0. The topological polar surface area (TPSA) is 61.3 Å². The molecule has 0 radical (unpaired) electrons. The van der Waals surface area contributed by atoms with Crippen molar-refractivity contribution in [2.24, 2.45) is 5.92 Å². The van der Waals surface area contributed by atoms with Gasteiger partial charge in [-0.1, -0.05) is 83.6 Å². The number of carbonyl (C=O) groups excluding carboxylic acids is 1.